The molecule has 0 bridgehead atoms. The molecule has 4 aromatic rings. The first-order valence-corrected chi connectivity index (χ1v) is 14.8. The zero-order valence-corrected chi connectivity index (χ0v) is 23.7. The van der Waals surface area contributed by atoms with E-state index in [9.17, 15) is 4.79 Å². The molecule has 2 N–H and O–H groups in total. The van der Waals surface area contributed by atoms with Gasteiger partial charge in [0.05, 0.1) is 6.33 Å². The number of ether oxygens (including phenoxy) is 2. The molecule has 11 heteroatoms. The van der Waals surface area contributed by atoms with Gasteiger partial charge in [-0.3, -0.25) is 9.69 Å². The van der Waals surface area contributed by atoms with Crippen LogP contribution in [0, 0.1) is 0 Å². The molecule has 0 radical (unpaired) electrons. The summed E-state index contributed by atoms with van der Waals surface area (Å²) in [5.41, 5.74) is 3.90. The maximum Gasteiger partial charge on any atom is 0.231 e. The average molecular weight is 569 g/mol. The summed E-state index contributed by atoms with van der Waals surface area (Å²) in [5, 5.41) is 7.11. The average Bonchev–Trinajstić information content (AvgIpc) is 3.76. The SMILES string of the molecule is O=C1CCCN1CCn1cnc2c(NC3CCN(Cc4ccccc4)CC3)nc(NCc3ccc4c(c3)OCO4)nc21. The first-order chi connectivity index (χ1) is 20.7. The molecule has 3 aliphatic rings. The van der Waals surface area contributed by atoms with E-state index < -0.39 is 0 Å². The zero-order chi connectivity index (χ0) is 28.3. The van der Waals surface area contributed by atoms with Crippen molar-refractivity contribution >= 4 is 28.8 Å². The highest BCUT2D eigenvalue weighted by molar-refractivity contribution is 5.84. The summed E-state index contributed by atoms with van der Waals surface area (Å²) < 4.78 is 13.0. The number of aromatic nitrogens is 4. The van der Waals surface area contributed by atoms with Crippen molar-refractivity contribution in [2.24, 2.45) is 0 Å². The fourth-order valence-corrected chi connectivity index (χ4v) is 5.96. The molecule has 218 valence electrons. The number of nitrogens with one attached hydrogen (secondary N) is 2. The van der Waals surface area contributed by atoms with Crippen molar-refractivity contribution < 1.29 is 14.3 Å². The lowest BCUT2D eigenvalue weighted by Gasteiger charge is -2.32. The van der Waals surface area contributed by atoms with Gasteiger partial charge in [-0.25, -0.2) is 4.98 Å². The number of benzene rings is 2. The number of carbonyl (C=O) groups is 1. The van der Waals surface area contributed by atoms with E-state index in [-0.39, 0.29) is 12.7 Å². The van der Waals surface area contributed by atoms with E-state index in [1.165, 1.54) is 5.56 Å². The van der Waals surface area contributed by atoms with E-state index in [1.54, 1.807) is 0 Å². The van der Waals surface area contributed by atoms with Crippen molar-refractivity contribution in [3.05, 3.63) is 66.0 Å². The number of nitrogens with zero attached hydrogens (tertiary/aromatic N) is 6. The van der Waals surface area contributed by atoms with Crippen LogP contribution in [0.1, 0.15) is 36.8 Å². The van der Waals surface area contributed by atoms with Crippen molar-refractivity contribution in [3.8, 4) is 11.5 Å². The van der Waals surface area contributed by atoms with Gasteiger partial charge in [0, 0.05) is 58.3 Å². The third kappa shape index (κ3) is 5.82. The third-order valence-electron chi connectivity index (χ3n) is 8.31. The number of carbonyl (C=O) groups excluding carboxylic acids is 1. The van der Waals surface area contributed by atoms with Crippen LogP contribution in [-0.4, -0.2) is 74.2 Å². The van der Waals surface area contributed by atoms with Crippen LogP contribution in [0.25, 0.3) is 11.2 Å². The fourth-order valence-electron chi connectivity index (χ4n) is 5.96. The van der Waals surface area contributed by atoms with Gasteiger partial charge >= 0.3 is 0 Å². The quantitative estimate of drug-likeness (QED) is 0.295. The Kier molecular flexibility index (Phi) is 7.48. The van der Waals surface area contributed by atoms with Crippen molar-refractivity contribution in [3.63, 3.8) is 0 Å². The molecule has 2 saturated heterocycles. The molecule has 0 saturated carbocycles. The molecular formula is C31H36N8O3. The number of piperidine rings is 1. The van der Waals surface area contributed by atoms with Crippen LogP contribution in [0.4, 0.5) is 11.8 Å². The molecule has 2 aromatic heterocycles. The van der Waals surface area contributed by atoms with Gasteiger partial charge in [0.1, 0.15) is 0 Å². The van der Waals surface area contributed by atoms with Crippen LogP contribution in [-0.2, 0) is 24.4 Å². The van der Waals surface area contributed by atoms with Gasteiger partial charge < -0.3 is 29.6 Å². The molecule has 1 amide bonds. The van der Waals surface area contributed by atoms with Crippen LogP contribution < -0.4 is 20.1 Å². The molecule has 0 atom stereocenters. The van der Waals surface area contributed by atoms with Crippen LogP contribution >= 0.6 is 0 Å². The largest absolute Gasteiger partial charge is 0.454 e. The fraction of sp³-hybridized carbons (Fsp3) is 0.419. The van der Waals surface area contributed by atoms with Crippen LogP contribution in [0.2, 0.25) is 0 Å². The van der Waals surface area contributed by atoms with Gasteiger partial charge in [-0.15, -0.1) is 0 Å². The molecule has 11 nitrogen and oxygen atoms in total. The monoisotopic (exact) mass is 568 g/mol. The highest BCUT2D eigenvalue weighted by Gasteiger charge is 2.23. The number of hydrogen-bond acceptors (Lipinski definition) is 9. The Morgan fingerprint density at radius 2 is 1.79 bits per heavy atom. The van der Waals surface area contributed by atoms with Gasteiger partial charge in [-0.2, -0.15) is 9.97 Å². The number of fused-ring (bicyclic) bond motifs is 2. The van der Waals surface area contributed by atoms with Crippen molar-refractivity contribution in [1.82, 2.24) is 29.3 Å². The van der Waals surface area contributed by atoms with Gasteiger partial charge in [-0.1, -0.05) is 36.4 Å². The summed E-state index contributed by atoms with van der Waals surface area (Å²) in [6.45, 7) is 5.91. The summed E-state index contributed by atoms with van der Waals surface area (Å²) in [7, 11) is 0. The lowest BCUT2D eigenvalue weighted by molar-refractivity contribution is -0.127. The molecule has 2 fully saturated rings. The van der Waals surface area contributed by atoms with E-state index >= 15 is 0 Å². The third-order valence-corrected chi connectivity index (χ3v) is 8.31. The summed E-state index contributed by atoms with van der Waals surface area (Å²) in [6.07, 6.45) is 5.43. The second-order valence-corrected chi connectivity index (χ2v) is 11.2. The number of imidazole rings is 1. The minimum atomic E-state index is 0.223. The van der Waals surface area contributed by atoms with Crippen molar-refractivity contribution in [1.29, 1.82) is 0 Å². The highest BCUT2D eigenvalue weighted by Crippen LogP contribution is 2.33. The highest BCUT2D eigenvalue weighted by atomic mass is 16.7. The standard InChI is InChI=1S/C31H36N8O3/c40-27-7-4-12-38(27)15-16-39-20-33-28-29(34-24-10-13-37(14-11-24)19-22-5-2-1-3-6-22)35-31(36-30(28)39)32-18-23-8-9-25-26(17-23)42-21-41-25/h1-3,5-6,8-9,17,20,24H,4,7,10-16,18-19,21H2,(H2,32,34,35,36). The number of anilines is 2. The summed E-state index contributed by atoms with van der Waals surface area (Å²) in [5.74, 6) is 3.01. The number of likely N-dealkylation sites (tertiary alicyclic amines) is 2. The van der Waals surface area contributed by atoms with Gasteiger partial charge in [0.25, 0.3) is 0 Å². The normalized spacial score (nSPS) is 17.3. The van der Waals surface area contributed by atoms with Crippen LogP contribution in [0.3, 0.4) is 0 Å². The van der Waals surface area contributed by atoms with E-state index in [2.05, 4.69) is 45.9 Å². The Bertz CT molecular complexity index is 1550. The summed E-state index contributed by atoms with van der Waals surface area (Å²) in [4.78, 5) is 31.1. The molecule has 42 heavy (non-hydrogen) atoms. The second-order valence-electron chi connectivity index (χ2n) is 11.2. The molecule has 2 aromatic carbocycles. The predicted molar refractivity (Wildman–Crippen MR) is 159 cm³/mol. The Balaban J connectivity index is 1.08. The number of rotatable bonds is 10. The lowest BCUT2D eigenvalue weighted by Crippen LogP contribution is -2.38. The summed E-state index contributed by atoms with van der Waals surface area (Å²) >= 11 is 0. The Morgan fingerprint density at radius 3 is 2.62 bits per heavy atom. The topological polar surface area (TPSA) is 110 Å². The van der Waals surface area contributed by atoms with E-state index in [0.717, 1.165) is 79.5 Å². The summed E-state index contributed by atoms with van der Waals surface area (Å²) in [6, 6.07) is 16.9. The number of amides is 1. The smallest absolute Gasteiger partial charge is 0.231 e. The van der Waals surface area contributed by atoms with Crippen LogP contribution in [0.15, 0.2) is 54.9 Å². The van der Waals surface area contributed by atoms with Crippen molar-refractivity contribution in [2.45, 2.75) is 51.4 Å². The first kappa shape index (κ1) is 26.5. The van der Waals surface area contributed by atoms with Crippen molar-refractivity contribution in [2.75, 3.05) is 43.6 Å². The second kappa shape index (κ2) is 11.8. The molecular weight excluding hydrogens is 532 g/mol. The van der Waals surface area contributed by atoms with Gasteiger partial charge in [0.2, 0.25) is 18.6 Å². The van der Waals surface area contributed by atoms with E-state index in [4.69, 9.17) is 24.4 Å². The Morgan fingerprint density at radius 1 is 0.929 bits per heavy atom. The zero-order valence-electron chi connectivity index (χ0n) is 23.7. The van der Waals surface area contributed by atoms with E-state index in [0.29, 0.717) is 38.0 Å². The van der Waals surface area contributed by atoms with Crippen LogP contribution in [0.5, 0.6) is 11.5 Å². The Hall–Kier alpha value is -4.38. The van der Waals surface area contributed by atoms with Gasteiger partial charge in [-0.05, 0) is 42.5 Å². The maximum atomic E-state index is 12.2. The minimum Gasteiger partial charge on any atom is -0.454 e. The lowest BCUT2D eigenvalue weighted by atomic mass is 10.0. The first-order valence-electron chi connectivity index (χ1n) is 14.8. The maximum absolute atomic E-state index is 12.2. The molecule has 7 rings (SSSR count). The number of hydrogen-bond donors (Lipinski definition) is 2. The van der Waals surface area contributed by atoms with Gasteiger partial charge in [0.15, 0.2) is 28.5 Å². The minimum absolute atomic E-state index is 0.223. The predicted octanol–water partition coefficient (Wildman–Crippen LogP) is 3.87. The Labute approximate surface area is 244 Å². The molecule has 0 aliphatic carbocycles. The molecule has 0 unspecified atom stereocenters. The molecule has 0 spiro atoms. The molecule has 3 aliphatic heterocycles. The molecule has 5 heterocycles. The van der Waals surface area contributed by atoms with E-state index in [1.807, 2.05) is 34.0 Å².